The summed E-state index contributed by atoms with van der Waals surface area (Å²) in [5, 5.41) is 9.75. The SMILES string of the molecule is O=C(C[C@@H]1SC(N2N=C(c3ccc(Cl)cc3)C[C@H]2c2ccccc2)=NC1=O)Nc1ccc(F)cc1. The predicted molar refractivity (Wildman–Crippen MR) is 137 cm³/mol. The first-order valence-electron chi connectivity index (χ1n) is 11.0. The van der Waals surface area contributed by atoms with E-state index in [1.165, 1.54) is 36.0 Å². The summed E-state index contributed by atoms with van der Waals surface area (Å²) in [6.45, 7) is 0. The highest BCUT2D eigenvalue weighted by Crippen LogP contribution is 2.38. The first-order valence-corrected chi connectivity index (χ1v) is 12.2. The first-order chi connectivity index (χ1) is 17.0. The number of carbonyl (C=O) groups is 2. The number of anilines is 1. The largest absolute Gasteiger partial charge is 0.326 e. The molecule has 2 heterocycles. The van der Waals surface area contributed by atoms with Gasteiger partial charge in [0.25, 0.3) is 5.91 Å². The van der Waals surface area contributed by atoms with Crippen molar-refractivity contribution in [3.63, 3.8) is 0 Å². The molecule has 2 aliphatic heterocycles. The van der Waals surface area contributed by atoms with Gasteiger partial charge in [-0.25, -0.2) is 9.40 Å². The van der Waals surface area contributed by atoms with E-state index in [0.717, 1.165) is 16.8 Å². The number of thioether (sulfide) groups is 1. The van der Waals surface area contributed by atoms with Crippen LogP contribution in [0.25, 0.3) is 0 Å². The van der Waals surface area contributed by atoms with Crippen LogP contribution in [0.3, 0.4) is 0 Å². The molecule has 2 aliphatic rings. The van der Waals surface area contributed by atoms with E-state index in [9.17, 15) is 14.0 Å². The summed E-state index contributed by atoms with van der Waals surface area (Å²) in [7, 11) is 0. The van der Waals surface area contributed by atoms with Gasteiger partial charge < -0.3 is 5.32 Å². The Bertz CT molecular complexity index is 1310. The van der Waals surface area contributed by atoms with Gasteiger partial charge in [-0.2, -0.15) is 10.1 Å². The minimum atomic E-state index is -0.656. The van der Waals surface area contributed by atoms with E-state index in [0.29, 0.717) is 22.3 Å². The van der Waals surface area contributed by atoms with Crippen LogP contribution < -0.4 is 5.32 Å². The molecule has 35 heavy (non-hydrogen) atoms. The van der Waals surface area contributed by atoms with Gasteiger partial charge in [0.15, 0.2) is 5.17 Å². The van der Waals surface area contributed by atoms with Crippen molar-refractivity contribution in [1.29, 1.82) is 0 Å². The molecule has 6 nitrogen and oxygen atoms in total. The predicted octanol–water partition coefficient (Wildman–Crippen LogP) is 5.66. The molecule has 2 amide bonds. The molecule has 5 rings (SSSR count). The summed E-state index contributed by atoms with van der Waals surface area (Å²) in [5.41, 5.74) is 3.33. The normalized spacial score (nSPS) is 19.5. The maximum Gasteiger partial charge on any atom is 0.262 e. The molecule has 1 N–H and O–H groups in total. The number of hydrogen-bond donors (Lipinski definition) is 1. The smallest absolute Gasteiger partial charge is 0.262 e. The molecule has 0 spiro atoms. The Morgan fingerprint density at radius 2 is 1.77 bits per heavy atom. The number of benzene rings is 3. The summed E-state index contributed by atoms with van der Waals surface area (Å²) in [5.74, 6) is -1.11. The molecule has 0 saturated heterocycles. The Morgan fingerprint density at radius 1 is 1.06 bits per heavy atom. The zero-order valence-corrected chi connectivity index (χ0v) is 20.0. The van der Waals surface area contributed by atoms with Gasteiger partial charge in [-0.3, -0.25) is 9.59 Å². The molecule has 0 radical (unpaired) electrons. The van der Waals surface area contributed by atoms with E-state index in [4.69, 9.17) is 16.7 Å². The zero-order valence-electron chi connectivity index (χ0n) is 18.4. The minimum absolute atomic E-state index is 0.0501. The molecule has 9 heteroatoms. The third-order valence-electron chi connectivity index (χ3n) is 5.70. The maximum absolute atomic E-state index is 13.1. The Hall–Kier alpha value is -3.49. The van der Waals surface area contributed by atoms with Crippen molar-refractivity contribution >= 4 is 51.7 Å². The van der Waals surface area contributed by atoms with E-state index in [-0.39, 0.29) is 30.1 Å². The van der Waals surface area contributed by atoms with E-state index in [1.807, 2.05) is 54.6 Å². The van der Waals surface area contributed by atoms with E-state index < -0.39 is 5.25 Å². The van der Waals surface area contributed by atoms with E-state index >= 15 is 0 Å². The summed E-state index contributed by atoms with van der Waals surface area (Å²) >= 11 is 7.28. The van der Waals surface area contributed by atoms with Crippen LogP contribution in [0.15, 0.2) is 89.0 Å². The second-order valence-electron chi connectivity index (χ2n) is 8.13. The number of hydrogen-bond acceptors (Lipinski definition) is 5. The van der Waals surface area contributed by atoms with Gasteiger partial charge in [0.1, 0.15) is 11.1 Å². The fraction of sp³-hybridized carbons (Fsp3) is 0.154. The van der Waals surface area contributed by atoms with E-state index in [1.54, 1.807) is 5.01 Å². The van der Waals surface area contributed by atoms with Crippen LogP contribution in [0.5, 0.6) is 0 Å². The molecule has 0 unspecified atom stereocenters. The average molecular weight is 507 g/mol. The van der Waals surface area contributed by atoms with Gasteiger partial charge in [0.2, 0.25) is 5.91 Å². The highest BCUT2D eigenvalue weighted by molar-refractivity contribution is 8.15. The Kier molecular flexibility index (Phi) is 6.66. The van der Waals surface area contributed by atoms with Crippen LogP contribution in [-0.4, -0.2) is 33.0 Å². The zero-order chi connectivity index (χ0) is 24.4. The highest BCUT2D eigenvalue weighted by atomic mass is 35.5. The minimum Gasteiger partial charge on any atom is -0.326 e. The molecular formula is C26H20ClFN4O2S. The molecule has 0 aromatic heterocycles. The fourth-order valence-electron chi connectivity index (χ4n) is 3.96. The summed E-state index contributed by atoms with van der Waals surface area (Å²) in [6, 6.07) is 22.7. The number of hydrazone groups is 1. The molecule has 3 aromatic rings. The van der Waals surface area contributed by atoms with Crippen LogP contribution in [-0.2, 0) is 9.59 Å². The third-order valence-corrected chi connectivity index (χ3v) is 7.09. The molecule has 0 aliphatic carbocycles. The quantitative estimate of drug-likeness (QED) is 0.484. The second-order valence-corrected chi connectivity index (χ2v) is 9.73. The lowest BCUT2D eigenvalue weighted by atomic mass is 9.99. The van der Waals surface area contributed by atoms with Gasteiger partial charge in [0, 0.05) is 23.6 Å². The number of aliphatic imine (C=N–C) groups is 1. The third kappa shape index (κ3) is 5.28. The van der Waals surface area contributed by atoms with Crippen LogP contribution in [0, 0.1) is 5.82 Å². The van der Waals surface area contributed by atoms with Crippen molar-refractivity contribution in [2.75, 3.05) is 5.32 Å². The Labute approximate surface area is 210 Å². The van der Waals surface area contributed by atoms with Gasteiger partial charge in [-0.05, 0) is 47.5 Å². The monoisotopic (exact) mass is 506 g/mol. The van der Waals surface area contributed by atoms with Crippen molar-refractivity contribution < 1.29 is 14.0 Å². The van der Waals surface area contributed by atoms with E-state index in [2.05, 4.69) is 10.3 Å². The molecule has 3 aromatic carbocycles. The molecule has 2 atom stereocenters. The van der Waals surface area contributed by atoms with Crippen molar-refractivity contribution in [2.24, 2.45) is 10.1 Å². The first kappa shape index (κ1) is 23.3. The molecule has 0 saturated carbocycles. The van der Waals surface area contributed by atoms with Crippen molar-refractivity contribution in [2.45, 2.75) is 24.1 Å². The topological polar surface area (TPSA) is 74.1 Å². The number of carbonyl (C=O) groups excluding carboxylic acids is 2. The van der Waals surface area contributed by atoms with Crippen LogP contribution in [0.4, 0.5) is 10.1 Å². The van der Waals surface area contributed by atoms with Gasteiger partial charge >= 0.3 is 0 Å². The standard InChI is InChI=1S/C26H20ClFN4O2S/c27-18-8-6-16(7-9-18)21-14-22(17-4-2-1-3-5-17)32(31-21)26-30-25(34)23(35-26)15-24(33)29-20-12-10-19(28)11-13-20/h1-13,22-23H,14-15H2,(H,29,33)/t22-,23-/m0/s1. The molecule has 0 fully saturated rings. The summed E-state index contributed by atoms with van der Waals surface area (Å²) in [6.07, 6.45) is 0.584. The number of nitrogens with one attached hydrogen (secondary N) is 1. The van der Waals surface area contributed by atoms with Crippen molar-refractivity contribution in [3.8, 4) is 0 Å². The molecule has 0 bridgehead atoms. The highest BCUT2D eigenvalue weighted by Gasteiger charge is 2.39. The Balaban J connectivity index is 1.33. The fourth-order valence-corrected chi connectivity index (χ4v) is 5.14. The lowest BCUT2D eigenvalue weighted by Crippen LogP contribution is -2.25. The maximum atomic E-state index is 13.1. The molecular weight excluding hydrogens is 487 g/mol. The van der Waals surface area contributed by atoms with Crippen molar-refractivity contribution in [3.05, 3.63) is 101 Å². The van der Waals surface area contributed by atoms with Crippen LogP contribution >= 0.6 is 23.4 Å². The Morgan fingerprint density at radius 3 is 2.49 bits per heavy atom. The number of rotatable bonds is 5. The lowest BCUT2D eigenvalue weighted by molar-refractivity contribution is -0.121. The second kappa shape index (κ2) is 10.0. The van der Waals surface area contributed by atoms with Crippen molar-refractivity contribution in [1.82, 2.24) is 5.01 Å². The van der Waals surface area contributed by atoms with Gasteiger partial charge in [-0.15, -0.1) is 0 Å². The van der Waals surface area contributed by atoms with Crippen LogP contribution in [0.2, 0.25) is 5.02 Å². The number of amidine groups is 1. The average Bonchev–Trinajstić information content (AvgIpc) is 3.46. The van der Waals surface area contributed by atoms with Crippen LogP contribution in [0.1, 0.15) is 30.0 Å². The van der Waals surface area contributed by atoms with Gasteiger partial charge in [-0.1, -0.05) is 65.8 Å². The number of nitrogens with zero attached hydrogens (tertiary/aromatic N) is 3. The molecule has 176 valence electrons. The number of halogens is 2. The van der Waals surface area contributed by atoms with Gasteiger partial charge in [0.05, 0.1) is 11.8 Å². The summed E-state index contributed by atoms with van der Waals surface area (Å²) in [4.78, 5) is 29.4. The number of amides is 2. The summed E-state index contributed by atoms with van der Waals surface area (Å²) < 4.78 is 13.1. The lowest BCUT2D eigenvalue weighted by Gasteiger charge is -2.23.